The van der Waals surface area contributed by atoms with Gasteiger partial charge in [0.25, 0.3) is 0 Å². The Bertz CT molecular complexity index is 920. The second-order valence-electron chi connectivity index (χ2n) is 5.64. The molecule has 2 aromatic carbocycles. The summed E-state index contributed by atoms with van der Waals surface area (Å²) < 4.78 is 18.9. The second kappa shape index (κ2) is 8.01. The zero-order chi connectivity index (χ0) is 18.5. The number of rotatable bonds is 6. The van der Waals surface area contributed by atoms with Gasteiger partial charge in [-0.05, 0) is 31.2 Å². The average Bonchev–Trinajstić information content (AvgIpc) is 2.61. The van der Waals surface area contributed by atoms with E-state index in [4.69, 9.17) is 16.3 Å². The molecule has 0 aliphatic heterocycles. The largest absolute Gasteiger partial charge is 0.495 e. The number of methoxy groups -OCH3 is 1. The fourth-order valence-electron chi connectivity index (χ4n) is 2.42. The van der Waals surface area contributed by atoms with Crippen molar-refractivity contribution in [3.63, 3.8) is 0 Å². The lowest BCUT2D eigenvalue weighted by atomic mass is 10.2. The van der Waals surface area contributed by atoms with Gasteiger partial charge in [0.2, 0.25) is 5.95 Å². The van der Waals surface area contributed by atoms with Crippen LogP contribution in [0.4, 0.5) is 21.8 Å². The van der Waals surface area contributed by atoms with Gasteiger partial charge in [0.05, 0.1) is 12.1 Å². The lowest BCUT2D eigenvalue weighted by Crippen LogP contribution is -2.07. The normalized spacial score (nSPS) is 10.5. The van der Waals surface area contributed by atoms with Crippen LogP contribution in [0.15, 0.2) is 48.5 Å². The minimum atomic E-state index is -0.265. The molecule has 134 valence electrons. The lowest BCUT2D eigenvalue weighted by molar-refractivity contribution is 0.415. The third kappa shape index (κ3) is 4.40. The molecule has 1 heterocycles. The van der Waals surface area contributed by atoms with E-state index in [1.807, 2.05) is 19.1 Å². The maximum atomic E-state index is 13.7. The Morgan fingerprint density at radius 2 is 1.92 bits per heavy atom. The molecule has 0 saturated heterocycles. The van der Waals surface area contributed by atoms with E-state index >= 15 is 0 Å². The molecule has 3 rings (SSSR count). The number of hydrogen-bond donors (Lipinski definition) is 2. The zero-order valence-corrected chi connectivity index (χ0v) is 15.1. The fraction of sp³-hybridized carbons (Fsp3) is 0.158. The highest BCUT2D eigenvalue weighted by molar-refractivity contribution is 6.32. The zero-order valence-electron chi connectivity index (χ0n) is 14.4. The van der Waals surface area contributed by atoms with E-state index in [1.165, 1.54) is 6.07 Å². The number of hydrogen-bond acceptors (Lipinski definition) is 5. The van der Waals surface area contributed by atoms with Gasteiger partial charge >= 0.3 is 0 Å². The molecule has 0 unspecified atom stereocenters. The SMILES string of the molecule is COc1ccc(Nc2cc(C)nc(NCc3ccccc3F)n2)cc1Cl. The van der Waals surface area contributed by atoms with Crippen LogP contribution in [0, 0.1) is 12.7 Å². The first kappa shape index (κ1) is 17.9. The number of anilines is 3. The van der Waals surface area contributed by atoms with Crippen LogP contribution < -0.4 is 15.4 Å². The van der Waals surface area contributed by atoms with Crippen molar-refractivity contribution in [2.75, 3.05) is 17.7 Å². The summed E-state index contributed by atoms with van der Waals surface area (Å²) >= 11 is 6.15. The molecule has 5 nitrogen and oxygen atoms in total. The van der Waals surface area contributed by atoms with Crippen LogP contribution in [0.5, 0.6) is 5.75 Å². The third-order valence-electron chi connectivity index (χ3n) is 3.67. The molecular weight excluding hydrogens is 355 g/mol. The summed E-state index contributed by atoms with van der Waals surface area (Å²) in [5, 5.41) is 6.73. The monoisotopic (exact) mass is 372 g/mol. The van der Waals surface area contributed by atoms with Gasteiger partial charge in [-0.15, -0.1) is 0 Å². The van der Waals surface area contributed by atoms with Crippen LogP contribution in [0.25, 0.3) is 0 Å². The molecule has 0 atom stereocenters. The van der Waals surface area contributed by atoms with Crippen LogP contribution in [0.2, 0.25) is 5.02 Å². The molecule has 0 aliphatic rings. The quantitative estimate of drug-likeness (QED) is 0.641. The standard InChI is InChI=1S/C19H18ClFN4O/c1-12-9-18(24-14-7-8-17(26-2)15(20)10-14)25-19(23-12)22-11-13-5-3-4-6-16(13)21/h3-10H,11H2,1-2H3,(H2,22,23,24,25). The van der Waals surface area contributed by atoms with Crippen molar-refractivity contribution in [1.82, 2.24) is 9.97 Å². The number of benzene rings is 2. The Labute approximate surface area is 156 Å². The average molecular weight is 373 g/mol. The van der Waals surface area contributed by atoms with E-state index in [2.05, 4.69) is 20.6 Å². The van der Waals surface area contributed by atoms with E-state index in [-0.39, 0.29) is 5.82 Å². The Hall–Kier alpha value is -2.86. The summed E-state index contributed by atoms with van der Waals surface area (Å²) in [6.07, 6.45) is 0. The smallest absolute Gasteiger partial charge is 0.225 e. The minimum absolute atomic E-state index is 0.265. The minimum Gasteiger partial charge on any atom is -0.495 e. The van der Waals surface area contributed by atoms with Gasteiger partial charge in [0.15, 0.2) is 0 Å². The number of ether oxygens (including phenoxy) is 1. The highest BCUT2D eigenvalue weighted by Crippen LogP contribution is 2.28. The van der Waals surface area contributed by atoms with Crippen molar-refractivity contribution in [3.05, 3.63) is 70.6 Å². The second-order valence-corrected chi connectivity index (χ2v) is 6.04. The van der Waals surface area contributed by atoms with Gasteiger partial charge in [-0.3, -0.25) is 0 Å². The van der Waals surface area contributed by atoms with Gasteiger partial charge in [-0.1, -0.05) is 29.8 Å². The first-order valence-corrected chi connectivity index (χ1v) is 8.36. The van der Waals surface area contributed by atoms with E-state index in [9.17, 15) is 4.39 Å². The Morgan fingerprint density at radius 3 is 2.65 bits per heavy atom. The van der Waals surface area contributed by atoms with Crippen molar-refractivity contribution in [2.24, 2.45) is 0 Å². The molecular formula is C19H18ClFN4O. The maximum Gasteiger partial charge on any atom is 0.225 e. The lowest BCUT2D eigenvalue weighted by Gasteiger charge is -2.11. The molecule has 2 N–H and O–H groups in total. The number of nitrogens with zero attached hydrogens (tertiary/aromatic N) is 2. The molecule has 7 heteroatoms. The molecule has 3 aromatic rings. The van der Waals surface area contributed by atoms with Crippen molar-refractivity contribution in [3.8, 4) is 5.75 Å². The molecule has 0 saturated carbocycles. The Balaban J connectivity index is 1.75. The summed E-state index contributed by atoms with van der Waals surface area (Å²) in [6, 6.07) is 13.8. The number of aromatic nitrogens is 2. The van der Waals surface area contributed by atoms with Crippen LogP contribution in [-0.2, 0) is 6.54 Å². The molecule has 0 amide bonds. The van der Waals surface area contributed by atoms with Crippen molar-refractivity contribution < 1.29 is 9.13 Å². The van der Waals surface area contributed by atoms with Gasteiger partial charge < -0.3 is 15.4 Å². The summed E-state index contributed by atoms with van der Waals surface area (Å²) in [5.41, 5.74) is 2.10. The van der Waals surface area contributed by atoms with Gasteiger partial charge in [-0.2, -0.15) is 4.98 Å². The van der Waals surface area contributed by atoms with Crippen LogP contribution >= 0.6 is 11.6 Å². The predicted molar refractivity (Wildman–Crippen MR) is 102 cm³/mol. The molecule has 0 bridgehead atoms. The van der Waals surface area contributed by atoms with E-state index in [0.29, 0.717) is 34.6 Å². The molecule has 0 aliphatic carbocycles. The van der Waals surface area contributed by atoms with Crippen molar-refractivity contribution in [1.29, 1.82) is 0 Å². The van der Waals surface area contributed by atoms with Gasteiger partial charge in [0, 0.05) is 29.6 Å². The van der Waals surface area contributed by atoms with Gasteiger partial charge in [-0.25, -0.2) is 9.37 Å². The highest BCUT2D eigenvalue weighted by Gasteiger charge is 2.07. The highest BCUT2D eigenvalue weighted by atomic mass is 35.5. The Morgan fingerprint density at radius 1 is 1.12 bits per heavy atom. The molecule has 0 radical (unpaired) electrons. The van der Waals surface area contributed by atoms with Crippen LogP contribution in [0.1, 0.15) is 11.3 Å². The summed E-state index contributed by atoms with van der Waals surface area (Å²) in [4.78, 5) is 8.75. The Kier molecular flexibility index (Phi) is 5.53. The fourth-order valence-corrected chi connectivity index (χ4v) is 2.68. The van der Waals surface area contributed by atoms with Crippen LogP contribution in [0.3, 0.4) is 0 Å². The van der Waals surface area contributed by atoms with E-state index < -0.39 is 0 Å². The molecule has 0 fully saturated rings. The first-order chi connectivity index (χ1) is 12.5. The topological polar surface area (TPSA) is 59.1 Å². The number of nitrogens with one attached hydrogen (secondary N) is 2. The first-order valence-electron chi connectivity index (χ1n) is 7.98. The summed E-state index contributed by atoms with van der Waals surface area (Å²) in [7, 11) is 1.57. The molecule has 26 heavy (non-hydrogen) atoms. The third-order valence-corrected chi connectivity index (χ3v) is 3.97. The number of halogens is 2. The predicted octanol–water partition coefficient (Wildman–Crippen LogP) is 4.94. The van der Waals surface area contributed by atoms with E-state index in [1.54, 1.807) is 37.4 Å². The van der Waals surface area contributed by atoms with Crippen molar-refractivity contribution >= 4 is 29.1 Å². The number of aryl methyl sites for hydroxylation is 1. The van der Waals surface area contributed by atoms with Crippen LogP contribution in [-0.4, -0.2) is 17.1 Å². The molecule has 0 spiro atoms. The maximum absolute atomic E-state index is 13.7. The van der Waals surface area contributed by atoms with E-state index in [0.717, 1.165) is 11.4 Å². The summed E-state index contributed by atoms with van der Waals surface area (Å²) in [6.45, 7) is 2.16. The van der Waals surface area contributed by atoms with Gasteiger partial charge in [0.1, 0.15) is 17.4 Å². The molecule has 1 aromatic heterocycles. The van der Waals surface area contributed by atoms with Crippen molar-refractivity contribution in [2.45, 2.75) is 13.5 Å². The summed E-state index contributed by atoms with van der Waals surface area (Å²) in [5.74, 6) is 1.35.